The first-order valence-electron chi connectivity index (χ1n) is 10.2. The lowest BCUT2D eigenvalue weighted by Crippen LogP contribution is -2.35. The molecule has 0 aromatic carbocycles. The van der Waals surface area contributed by atoms with Crippen molar-refractivity contribution in [1.82, 2.24) is 19.8 Å². The predicted molar refractivity (Wildman–Crippen MR) is 116 cm³/mol. The van der Waals surface area contributed by atoms with E-state index < -0.39 is 0 Å². The Hall–Kier alpha value is -2.18. The van der Waals surface area contributed by atoms with E-state index in [-0.39, 0.29) is 5.91 Å². The number of nitrogens with zero attached hydrogens (tertiary/aromatic N) is 3. The van der Waals surface area contributed by atoms with Crippen molar-refractivity contribution >= 4 is 27.5 Å². The average molecular weight is 397 g/mol. The van der Waals surface area contributed by atoms with Gasteiger partial charge in [0.1, 0.15) is 9.71 Å². The number of pyridine rings is 1. The number of aryl methyl sites for hydroxylation is 2. The van der Waals surface area contributed by atoms with Gasteiger partial charge in [-0.25, -0.2) is 4.98 Å². The van der Waals surface area contributed by atoms with E-state index in [0.29, 0.717) is 6.54 Å². The molecule has 1 aliphatic heterocycles. The van der Waals surface area contributed by atoms with Crippen molar-refractivity contribution < 1.29 is 4.79 Å². The van der Waals surface area contributed by atoms with Gasteiger partial charge in [0, 0.05) is 36.6 Å². The molecule has 0 aliphatic carbocycles. The number of thiophene rings is 1. The zero-order valence-electron chi connectivity index (χ0n) is 16.7. The van der Waals surface area contributed by atoms with Gasteiger partial charge in [-0.15, -0.1) is 11.3 Å². The Morgan fingerprint density at radius 3 is 2.57 bits per heavy atom. The van der Waals surface area contributed by atoms with E-state index in [1.54, 1.807) is 0 Å². The molecule has 0 bridgehead atoms. The lowest BCUT2D eigenvalue weighted by Gasteiger charge is -2.19. The van der Waals surface area contributed by atoms with E-state index >= 15 is 0 Å². The van der Waals surface area contributed by atoms with Crippen LogP contribution in [-0.2, 0) is 0 Å². The van der Waals surface area contributed by atoms with Gasteiger partial charge in [0.2, 0.25) is 0 Å². The molecule has 6 heteroatoms. The van der Waals surface area contributed by atoms with Crippen LogP contribution in [0.5, 0.6) is 0 Å². The predicted octanol–water partition coefficient (Wildman–Crippen LogP) is 4.31. The minimum Gasteiger partial charge on any atom is -0.350 e. The smallest absolute Gasteiger partial charge is 0.263 e. The second-order valence-electron chi connectivity index (χ2n) is 7.64. The lowest BCUT2D eigenvalue weighted by molar-refractivity contribution is 0.0952. The fourth-order valence-electron chi connectivity index (χ4n) is 4.07. The molecular weight excluding hydrogens is 368 g/mol. The van der Waals surface area contributed by atoms with Crippen molar-refractivity contribution in [2.75, 3.05) is 26.2 Å². The Kier molecular flexibility index (Phi) is 5.78. The van der Waals surface area contributed by atoms with E-state index in [1.807, 2.05) is 36.0 Å². The maximum atomic E-state index is 13.1. The van der Waals surface area contributed by atoms with Crippen LogP contribution in [0.4, 0.5) is 0 Å². The van der Waals surface area contributed by atoms with Gasteiger partial charge in [0.15, 0.2) is 0 Å². The summed E-state index contributed by atoms with van der Waals surface area (Å²) in [5.74, 6) is -0.00132. The minimum atomic E-state index is -0.00132. The second kappa shape index (κ2) is 8.45. The number of carbonyl (C=O) groups is 1. The number of hydrogen-bond donors (Lipinski definition) is 1. The zero-order valence-corrected chi connectivity index (χ0v) is 17.5. The standard InChI is InChI=1S/C22H28N4OS/c1-16-15-17(2)24-22-18(16)19(26-12-7-8-13-26)20(28-22)21(27)23-9-14-25-10-5-3-4-6-11-25/h7-8,12-13,15H,3-6,9-11,14H2,1-2H3,(H,23,27). The highest BCUT2D eigenvalue weighted by Crippen LogP contribution is 2.35. The van der Waals surface area contributed by atoms with Crippen LogP contribution in [0, 0.1) is 13.8 Å². The Morgan fingerprint density at radius 2 is 1.86 bits per heavy atom. The minimum absolute atomic E-state index is 0.00132. The second-order valence-corrected chi connectivity index (χ2v) is 8.64. The van der Waals surface area contributed by atoms with E-state index in [1.165, 1.54) is 37.0 Å². The van der Waals surface area contributed by atoms with Gasteiger partial charge in [-0.1, -0.05) is 12.8 Å². The van der Waals surface area contributed by atoms with Crippen LogP contribution in [0.15, 0.2) is 30.6 Å². The first-order chi connectivity index (χ1) is 13.6. The number of carbonyl (C=O) groups excluding carboxylic acids is 1. The molecule has 1 fully saturated rings. The van der Waals surface area contributed by atoms with Crippen molar-refractivity contribution in [2.45, 2.75) is 39.5 Å². The molecule has 0 spiro atoms. The summed E-state index contributed by atoms with van der Waals surface area (Å²) in [7, 11) is 0. The third kappa shape index (κ3) is 3.98. The average Bonchev–Trinajstić information content (AvgIpc) is 3.23. The van der Waals surface area contributed by atoms with E-state index in [9.17, 15) is 4.79 Å². The number of likely N-dealkylation sites (tertiary alicyclic amines) is 1. The molecule has 5 nitrogen and oxygen atoms in total. The molecule has 148 valence electrons. The molecule has 4 rings (SSSR count). The van der Waals surface area contributed by atoms with Gasteiger partial charge < -0.3 is 14.8 Å². The highest BCUT2D eigenvalue weighted by atomic mass is 32.1. The monoisotopic (exact) mass is 396 g/mol. The van der Waals surface area contributed by atoms with Crippen LogP contribution < -0.4 is 5.32 Å². The molecular formula is C22H28N4OS. The maximum absolute atomic E-state index is 13.1. The van der Waals surface area contributed by atoms with E-state index in [4.69, 9.17) is 4.98 Å². The molecule has 0 atom stereocenters. The summed E-state index contributed by atoms with van der Waals surface area (Å²) in [5.41, 5.74) is 3.09. The summed E-state index contributed by atoms with van der Waals surface area (Å²) >= 11 is 1.49. The maximum Gasteiger partial charge on any atom is 0.263 e. The third-order valence-corrected chi connectivity index (χ3v) is 6.51. The highest BCUT2D eigenvalue weighted by molar-refractivity contribution is 7.21. The SMILES string of the molecule is Cc1cc(C)c2c(-n3cccc3)c(C(=O)NCCN3CCCCCC3)sc2n1. The molecule has 0 saturated carbocycles. The summed E-state index contributed by atoms with van der Waals surface area (Å²) in [4.78, 5) is 21.9. The molecule has 28 heavy (non-hydrogen) atoms. The van der Waals surface area contributed by atoms with Crippen LogP contribution in [0.25, 0.3) is 15.9 Å². The number of rotatable bonds is 5. The fourth-order valence-corrected chi connectivity index (χ4v) is 5.29. The molecule has 1 N–H and O–H groups in total. The molecule has 0 radical (unpaired) electrons. The normalized spacial score (nSPS) is 15.6. The Balaban J connectivity index is 1.58. The third-order valence-electron chi connectivity index (χ3n) is 5.44. The molecule has 1 aliphatic rings. The summed E-state index contributed by atoms with van der Waals surface area (Å²) in [5, 5.41) is 4.23. The van der Waals surface area contributed by atoms with Crippen molar-refractivity contribution in [3.8, 4) is 5.69 Å². The van der Waals surface area contributed by atoms with Crippen LogP contribution >= 0.6 is 11.3 Å². The number of aromatic nitrogens is 2. The summed E-state index contributed by atoms with van der Waals surface area (Å²) in [6.07, 6.45) is 9.19. The highest BCUT2D eigenvalue weighted by Gasteiger charge is 2.22. The summed E-state index contributed by atoms with van der Waals surface area (Å²) in [6.45, 7) is 8.00. The zero-order chi connectivity index (χ0) is 19.5. The van der Waals surface area contributed by atoms with Crippen molar-refractivity contribution in [2.24, 2.45) is 0 Å². The van der Waals surface area contributed by atoms with Gasteiger partial charge in [0.25, 0.3) is 5.91 Å². The van der Waals surface area contributed by atoms with Crippen molar-refractivity contribution in [3.05, 3.63) is 46.7 Å². The van der Waals surface area contributed by atoms with Crippen molar-refractivity contribution in [3.63, 3.8) is 0 Å². The van der Waals surface area contributed by atoms with Gasteiger partial charge in [-0.05, 0) is 63.5 Å². The molecule has 3 aromatic heterocycles. The van der Waals surface area contributed by atoms with Crippen molar-refractivity contribution in [1.29, 1.82) is 0 Å². The molecule has 0 unspecified atom stereocenters. The Morgan fingerprint density at radius 1 is 1.14 bits per heavy atom. The summed E-state index contributed by atoms with van der Waals surface area (Å²) < 4.78 is 2.03. The first kappa shape index (κ1) is 19.2. The number of amides is 1. The van der Waals surface area contributed by atoms with Gasteiger partial charge in [-0.3, -0.25) is 4.79 Å². The lowest BCUT2D eigenvalue weighted by atomic mass is 10.1. The number of hydrogen-bond acceptors (Lipinski definition) is 4. The first-order valence-corrected chi connectivity index (χ1v) is 11.0. The van der Waals surface area contributed by atoms with Crippen LogP contribution in [0.2, 0.25) is 0 Å². The molecule has 4 heterocycles. The van der Waals surface area contributed by atoms with Crippen LogP contribution in [0.3, 0.4) is 0 Å². The molecule has 1 amide bonds. The summed E-state index contributed by atoms with van der Waals surface area (Å²) in [6, 6.07) is 6.06. The Bertz CT molecular complexity index is 953. The quantitative estimate of drug-likeness (QED) is 0.699. The molecule has 3 aromatic rings. The number of fused-ring (bicyclic) bond motifs is 1. The van der Waals surface area contributed by atoms with E-state index in [2.05, 4.69) is 23.2 Å². The van der Waals surface area contributed by atoms with Gasteiger partial charge >= 0.3 is 0 Å². The number of nitrogens with one attached hydrogen (secondary N) is 1. The van der Waals surface area contributed by atoms with E-state index in [0.717, 1.165) is 51.7 Å². The van der Waals surface area contributed by atoms with Crippen LogP contribution in [0.1, 0.15) is 46.6 Å². The van der Waals surface area contributed by atoms with Gasteiger partial charge in [-0.2, -0.15) is 0 Å². The van der Waals surface area contributed by atoms with Crippen LogP contribution in [-0.4, -0.2) is 46.5 Å². The largest absolute Gasteiger partial charge is 0.350 e. The Labute approximate surface area is 170 Å². The van der Waals surface area contributed by atoms with Gasteiger partial charge in [0.05, 0.1) is 5.69 Å². The fraction of sp³-hybridized carbons (Fsp3) is 0.455. The topological polar surface area (TPSA) is 50.2 Å². The molecule has 1 saturated heterocycles.